The van der Waals surface area contributed by atoms with Gasteiger partial charge in [-0.3, -0.25) is 4.79 Å². The summed E-state index contributed by atoms with van der Waals surface area (Å²) in [6.45, 7) is 6.15. The van der Waals surface area contributed by atoms with E-state index < -0.39 is 6.10 Å². The van der Waals surface area contributed by atoms with Crippen LogP contribution in [0.5, 0.6) is 5.75 Å². The number of rotatable bonds is 7. The summed E-state index contributed by atoms with van der Waals surface area (Å²) in [6, 6.07) is 14.6. The predicted molar refractivity (Wildman–Crippen MR) is 110 cm³/mol. The van der Waals surface area contributed by atoms with Gasteiger partial charge >= 0.3 is 0 Å². The van der Waals surface area contributed by atoms with Gasteiger partial charge in [0.25, 0.3) is 5.91 Å². The molecule has 1 amide bonds. The molecule has 0 bridgehead atoms. The normalized spacial score (nSPS) is 15.5. The average molecular weight is 366 g/mol. The Morgan fingerprint density at radius 3 is 2.41 bits per heavy atom. The van der Waals surface area contributed by atoms with Gasteiger partial charge in [0.1, 0.15) is 5.75 Å². The number of fused-ring (bicyclic) bond motifs is 1. The van der Waals surface area contributed by atoms with Gasteiger partial charge in [0, 0.05) is 0 Å². The Balaban J connectivity index is 1.63. The molecular weight excluding hydrogens is 334 g/mol. The molecule has 3 heteroatoms. The second-order valence-electron chi connectivity index (χ2n) is 7.48. The molecule has 0 saturated carbocycles. The van der Waals surface area contributed by atoms with E-state index in [2.05, 4.69) is 42.6 Å². The third kappa shape index (κ3) is 4.91. The summed E-state index contributed by atoms with van der Waals surface area (Å²) >= 11 is 0. The van der Waals surface area contributed by atoms with Crippen molar-refractivity contribution in [2.75, 3.05) is 0 Å². The van der Waals surface area contributed by atoms with Gasteiger partial charge in [0.15, 0.2) is 6.10 Å². The molecule has 0 spiro atoms. The van der Waals surface area contributed by atoms with E-state index in [4.69, 9.17) is 4.74 Å². The Bertz CT molecular complexity index is 766. The highest BCUT2D eigenvalue weighted by molar-refractivity contribution is 5.81. The van der Waals surface area contributed by atoms with Gasteiger partial charge in [-0.05, 0) is 79.8 Å². The maximum Gasteiger partial charge on any atom is 0.261 e. The zero-order valence-electron chi connectivity index (χ0n) is 16.8. The summed E-state index contributed by atoms with van der Waals surface area (Å²) in [5.41, 5.74) is 5.35. The van der Waals surface area contributed by atoms with Crippen LogP contribution in [0.2, 0.25) is 0 Å². The van der Waals surface area contributed by atoms with Crippen LogP contribution in [0, 0.1) is 0 Å². The molecule has 0 heterocycles. The van der Waals surface area contributed by atoms with Crippen LogP contribution in [-0.2, 0) is 24.1 Å². The van der Waals surface area contributed by atoms with Crippen molar-refractivity contribution in [2.45, 2.75) is 71.4 Å². The van der Waals surface area contributed by atoms with E-state index in [-0.39, 0.29) is 11.9 Å². The number of benzene rings is 2. The van der Waals surface area contributed by atoms with E-state index in [1.807, 2.05) is 26.0 Å². The maximum absolute atomic E-state index is 12.7. The van der Waals surface area contributed by atoms with Crippen molar-refractivity contribution >= 4 is 5.91 Å². The SMILES string of the molecule is CCc1ccc(O[C@@H](CC)C(=O)N[C@@H](C)c2ccc3c(c2)CCCC3)cc1. The van der Waals surface area contributed by atoms with Gasteiger partial charge in [-0.15, -0.1) is 0 Å². The van der Waals surface area contributed by atoms with Crippen molar-refractivity contribution < 1.29 is 9.53 Å². The molecule has 0 fully saturated rings. The molecule has 0 aliphatic heterocycles. The lowest BCUT2D eigenvalue weighted by Crippen LogP contribution is -2.39. The summed E-state index contributed by atoms with van der Waals surface area (Å²) in [5.74, 6) is 0.693. The minimum absolute atomic E-state index is 0.0233. The molecule has 0 saturated heterocycles. The first-order valence-corrected chi connectivity index (χ1v) is 10.3. The fourth-order valence-electron chi connectivity index (χ4n) is 3.70. The number of carbonyl (C=O) groups is 1. The Morgan fingerprint density at radius 2 is 1.74 bits per heavy atom. The monoisotopic (exact) mass is 365 g/mol. The third-order valence-electron chi connectivity index (χ3n) is 5.50. The predicted octanol–water partition coefficient (Wildman–Crippen LogP) is 5.16. The van der Waals surface area contributed by atoms with Gasteiger partial charge in [-0.25, -0.2) is 0 Å². The molecule has 2 atom stereocenters. The van der Waals surface area contributed by atoms with Crippen LogP contribution in [0.1, 0.15) is 68.3 Å². The van der Waals surface area contributed by atoms with Gasteiger partial charge in [-0.1, -0.05) is 44.2 Å². The Labute approximate surface area is 163 Å². The Kier molecular flexibility index (Phi) is 6.54. The fourth-order valence-corrected chi connectivity index (χ4v) is 3.70. The lowest BCUT2D eigenvalue weighted by atomic mass is 9.89. The zero-order chi connectivity index (χ0) is 19.2. The quantitative estimate of drug-likeness (QED) is 0.736. The summed E-state index contributed by atoms with van der Waals surface area (Å²) in [6.07, 6.45) is 6.04. The minimum atomic E-state index is -0.474. The van der Waals surface area contributed by atoms with Gasteiger partial charge < -0.3 is 10.1 Å². The zero-order valence-corrected chi connectivity index (χ0v) is 16.8. The van der Waals surface area contributed by atoms with Crippen LogP contribution in [0.25, 0.3) is 0 Å². The van der Waals surface area contributed by atoms with Crippen molar-refractivity contribution in [2.24, 2.45) is 0 Å². The van der Waals surface area contributed by atoms with E-state index >= 15 is 0 Å². The maximum atomic E-state index is 12.7. The summed E-state index contributed by atoms with van der Waals surface area (Å²) in [7, 11) is 0. The summed E-state index contributed by atoms with van der Waals surface area (Å²) < 4.78 is 5.94. The van der Waals surface area contributed by atoms with Crippen LogP contribution < -0.4 is 10.1 Å². The number of hydrogen-bond donors (Lipinski definition) is 1. The highest BCUT2D eigenvalue weighted by Gasteiger charge is 2.21. The topological polar surface area (TPSA) is 38.3 Å². The standard InChI is InChI=1S/C24H31NO2/c1-4-18-10-14-22(15-11-18)27-23(5-2)24(26)25-17(3)20-13-12-19-8-6-7-9-21(19)16-20/h10-17,23H,4-9H2,1-3H3,(H,25,26)/t17-,23-/m0/s1. The second-order valence-corrected chi connectivity index (χ2v) is 7.48. The number of carbonyl (C=O) groups excluding carboxylic acids is 1. The van der Waals surface area contributed by atoms with Gasteiger partial charge in [-0.2, -0.15) is 0 Å². The van der Waals surface area contributed by atoms with Crippen LogP contribution in [0.3, 0.4) is 0 Å². The molecule has 144 valence electrons. The van der Waals surface area contributed by atoms with Crippen LogP contribution in [-0.4, -0.2) is 12.0 Å². The molecule has 0 aromatic heterocycles. The molecule has 3 nitrogen and oxygen atoms in total. The van der Waals surface area contributed by atoms with Crippen molar-refractivity contribution in [3.05, 3.63) is 64.7 Å². The van der Waals surface area contributed by atoms with Crippen LogP contribution in [0.15, 0.2) is 42.5 Å². The number of hydrogen-bond acceptors (Lipinski definition) is 2. The summed E-state index contributed by atoms with van der Waals surface area (Å²) in [5, 5.41) is 3.13. The highest BCUT2D eigenvalue weighted by Crippen LogP contribution is 2.25. The third-order valence-corrected chi connectivity index (χ3v) is 5.50. The first-order chi connectivity index (χ1) is 13.1. The second kappa shape index (κ2) is 9.07. The first kappa shape index (κ1) is 19.5. The Hall–Kier alpha value is -2.29. The first-order valence-electron chi connectivity index (χ1n) is 10.3. The largest absolute Gasteiger partial charge is 0.481 e. The fraction of sp³-hybridized carbons (Fsp3) is 0.458. The minimum Gasteiger partial charge on any atom is -0.481 e. The lowest BCUT2D eigenvalue weighted by molar-refractivity contribution is -0.128. The van der Waals surface area contributed by atoms with E-state index in [0.29, 0.717) is 6.42 Å². The lowest BCUT2D eigenvalue weighted by Gasteiger charge is -2.23. The highest BCUT2D eigenvalue weighted by atomic mass is 16.5. The van der Waals surface area contributed by atoms with Crippen LogP contribution in [0.4, 0.5) is 0 Å². The van der Waals surface area contributed by atoms with Gasteiger partial charge in [0.2, 0.25) is 0 Å². The van der Waals surface area contributed by atoms with Crippen molar-refractivity contribution in [3.8, 4) is 5.75 Å². The summed E-state index contributed by atoms with van der Waals surface area (Å²) in [4.78, 5) is 12.7. The molecule has 1 N–H and O–H groups in total. The van der Waals surface area contributed by atoms with E-state index in [1.165, 1.54) is 41.5 Å². The number of aryl methyl sites for hydroxylation is 3. The van der Waals surface area contributed by atoms with E-state index in [0.717, 1.165) is 18.6 Å². The smallest absolute Gasteiger partial charge is 0.261 e. The molecule has 3 rings (SSSR count). The molecule has 0 radical (unpaired) electrons. The van der Waals surface area contributed by atoms with Crippen molar-refractivity contribution in [1.29, 1.82) is 0 Å². The molecule has 27 heavy (non-hydrogen) atoms. The Morgan fingerprint density at radius 1 is 1.04 bits per heavy atom. The molecule has 2 aromatic rings. The molecule has 1 aliphatic rings. The van der Waals surface area contributed by atoms with Crippen LogP contribution >= 0.6 is 0 Å². The molecular formula is C24H31NO2. The average Bonchev–Trinajstić information content (AvgIpc) is 2.71. The molecule has 1 aliphatic carbocycles. The number of amides is 1. The van der Waals surface area contributed by atoms with E-state index in [1.54, 1.807) is 0 Å². The number of nitrogens with one attached hydrogen (secondary N) is 1. The van der Waals surface area contributed by atoms with Gasteiger partial charge in [0.05, 0.1) is 6.04 Å². The van der Waals surface area contributed by atoms with Crippen molar-refractivity contribution in [3.63, 3.8) is 0 Å². The molecule has 0 unspecified atom stereocenters. The van der Waals surface area contributed by atoms with E-state index in [9.17, 15) is 4.79 Å². The van der Waals surface area contributed by atoms with Crippen molar-refractivity contribution in [1.82, 2.24) is 5.32 Å². The number of ether oxygens (including phenoxy) is 1. The molecule has 2 aromatic carbocycles.